The smallest absolute Gasteiger partial charge is 0.303 e. The second-order valence-corrected chi connectivity index (χ2v) is 5.42. The number of benzene rings is 1. The number of carboxylic acid groups (broad SMARTS) is 1. The lowest BCUT2D eigenvalue weighted by Crippen LogP contribution is -2.24. The van der Waals surface area contributed by atoms with Crippen molar-refractivity contribution in [3.8, 4) is 5.75 Å². The first-order valence-corrected chi connectivity index (χ1v) is 6.57. The average Bonchev–Trinajstić information content (AvgIpc) is 2.26. The Labute approximate surface area is 118 Å². The second-order valence-electron chi connectivity index (χ2n) is 5.42. The fourth-order valence-corrected chi connectivity index (χ4v) is 1.94. The van der Waals surface area contributed by atoms with Crippen LogP contribution in [0.2, 0.25) is 0 Å². The number of anilines is 1. The molecule has 0 atom stereocenters. The van der Waals surface area contributed by atoms with Gasteiger partial charge in [-0.15, -0.1) is 0 Å². The van der Waals surface area contributed by atoms with Gasteiger partial charge in [0.15, 0.2) is 0 Å². The van der Waals surface area contributed by atoms with Crippen molar-refractivity contribution in [2.75, 3.05) is 11.9 Å². The van der Waals surface area contributed by atoms with E-state index in [9.17, 15) is 9.59 Å². The molecule has 1 aromatic rings. The van der Waals surface area contributed by atoms with Gasteiger partial charge in [-0.1, -0.05) is 19.9 Å². The first kappa shape index (κ1) is 16.0. The van der Waals surface area contributed by atoms with Gasteiger partial charge >= 0.3 is 5.97 Å². The Morgan fingerprint density at radius 1 is 1.30 bits per heavy atom. The largest absolute Gasteiger partial charge is 0.494 e. The summed E-state index contributed by atoms with van der Waals surface area (Å²) in [6, 6.07) is 7.12. The van der Waals surface area contributed by atoms with Crippen molar-refractivity contribution in [1.29, 1.82) is 0 Å². The second kappa shape index (κ2) is 6.93. The zero-order valence-corrected chi connectivity index (χ0v) is 12.1. The molecule has 0 heterocycles. The van der Waals surface area contributed by atoms with Gasteiger partial charge in [0.25, 0.3) is 0 Å². The van der Waals surface area contributed by atoms with Gasteiger partial charge in [0.2, 0.25) is 5.91 Å². The molecule has 20 heavy (non-hydrogen) atoms. The highest BCUT2D eigenvalue weighted by atomic mass is 16.5. The van der Waals surface area contributed by atoms with Crippen molar-refractivity contribution in [2.45, 2.75) is 33.6 Å². The molecule has 1 rings (SSSR count). The van der Waals surface area contributed by atoms with Gasteiger partial charge in [-0.3, -0.25) is 9.59 Å². The fraction of sp³-hybridized carbons (Fsp3) is 0.467. The molecule has 0 saturated heterocycles. The van der Waals surface area contributed by atoms with Crippen molar-refractivity contribution in [3.05, 3.63) is 24.3 Å². The fourth-order valence-electron chi connectivity index (χ4n) is 1.94. The number of hydrogen-bond donors (Lipinski definition) is 2. The Kier molecular flexibility index (Phi) is 5.55. The summed E-state index contributed by atoms with van der Waals surface area (Å²) in [4.78, 5) is 22.7. The Bertz CT molecular complexity index is 483. The van der Waals surface area contributed by atoms with Crippen LogP contribution in [0.3, 0.4) is 0 Å². The number of carboxylic acids is 1. The van der Waals surface area contributed by atoms with Crippen LogP contribution in [0.15, 0.2) is 24.3 Å². The molecule has 5 nitrogen and oxygen atoms in total. The number of carbonyl (C=O) groups excluding carboxylic acids is 1. The van der Waals surface area contributed by atoms with Crippen LogP contribution in [0.1, 0.15) is 33.6 Å². The van der Waals surface area contributed by atoms with E-state index in [0.29, 0.717) is 18.0 Å². The average molecular weight is 279 g/mol. The van der Waals surface area contributed by atoms with E-state index < -0.39 is 11.4 Å². The lowest BCUT2D eigenvalue weighted by Gasteiger charge is -2.21. The summed E-state index contributed by atoms with van der Waals surface area (Å²) in [5.74, 6) is -0.416. The summed E-state index contributed by atoms with van der Waals surface area (Å²) in [5, 5.41) is 11.6. The Hall–Kier alpha value is -2.04. The molecule has 0 aliphatic heterocycles. The molecule has 0 aliphatic carbocycles. The molecule has 0 unspecified atom stereocenters. The zero-order valence-electron chi connectivity index (χ0n) is 12.1. The zero-order chi connectivity index (χ0) is 15.2. The van der Waals surface area contributed by atoms with Crippen LogP contribution >= 0.6 is 0 Å². The van der Waals surface area contributed by atoms with Gasteiger partial charge in [0, 0.05) is 18.2 Å². The van der Waals surface area contributed by atoms with E-state index >= 15 is 0 Å². The van der Waals surface area contributed by atoms with E-state index in [1.165, 1.54) is 0 Å². The van der Waals surface area contributed by atoms with Gasteiger partial charge < -0.3 is 15.2 Å². The molecule has 0 bridgehead atoms. The maximum absolute atomic E-state index is 11.9. The third kappa shape index (κ3) is 5.73. The number of rotatable bonds is 7. The molecule has 5 heteroatoms. The van der Waals surface area contributed by atoms with Crippen molar-refractivity contribution in [3.63, 3.8) is 0 Å². The maximum atomic E-state index is 11.9. The SMILES string of the molecule is CCOc1cccc(NC(=O)CC(C)(C)CC(=O)O)c1. The summed E-state index contributed by atoms with van der Waals surface area (Å²) in [6.45, 7) is 5.97. The molecule has 0 saturated carbocycles. The lowest BCUT2D eigenvalue weighted by atomic mass is 9.85. The third-order valence-corrected chi connectivity index (χ3v) is 2.70. The van der Waals surface area contributed by atoms with Crippen molar-refractivity contribution < 1.29 is 19.4 Å². The van der Waals surface area contributed by atoms with Gasteiger partial charge in [-0.25, -0.2) is 0 Å². The van der Waals surface area contributed by atoms with Crippen molar-refractivity contribution in [2.24, 2.45) is 5.41 Å². The minimum Gasteiger partial charge on any atom is -0.494 e. The highest BCUT2D eigenvalue weighted by Gasteiger charge is 2.25. The van der Waals surface area contributed by atoms with Crippen molar-refractivity contribution in [1.82, 2.24) is 0 Å². The topological polar surface area (TPSA) is 75.6 Å². The highest BCUT2D eigenvalue weighted by molar-refractivity contribution is 5.91. The van der Waals surface area contributed by atoms with Gasteiger partial charge in [0.1, 0.15) is 5.75 Å². The van der Waals surface area contributed by atoms with Crippen LogP contribution in [0.25, 0.3) is 0 Å². The van der Waals surface area contributed by atoms with Crippen LogP contribution in [0.4, 0.5) is 5.69 Å². The molecular weight excluding hydrogens is 258 g/mol. The number of nitrogens with one attached hydrogen (secondary N) is 1. The van der Waals surface area contributed by atoms with Crippen molar-refractivity contribution >= 4 is 17.6 Å². The van der Waals surface area contributed by atoms with E-state index in [-0.39, 0.29) is 18.7 Å². The molecule has 1 aromatic carbocycles. The monoisotopic (exact) mass is 279 g/mol. The van der Waals surface area contributed by atoms with Crippen LogP contribution in [0, 0.1) is 5.41 Å². The van der Waals surface area contributed by atoms with Gasteiger partial charge in [-0.05, 0) is 24.5 Å². The van der Waals surface area contributed by atoms with Crippen LogP contribution < -0.4 is 10.1 Å². The number of carbonyl (C=O) groups is 2. The summed E-state index contributed by atoms with van der Waals surface area (Å²) >= 11 is 0. The number of aliphatic carboxylic acids is 1. The first-order chi connectivity index (χ1) is 9.32. The quantitative estimate of drug-likeness (QED) is 0.804. The summed E-state index contributed by atoms with van der Waals surface area (Å²) in [6.07, 6.45) is 0.109. The van der Waals surface area contributed by atoms with Crippen LogP contribution in [0.5, 0.6) is 5.75 Å². The molecule has 0 fully saturated rings. The summed E-state index contributed by atoms with van der Waals surface area (Å²) in [5.41, 5.74) is 0.0695. The highest BCUT2D eigenvalue weighted by Crippen LogP contribution is 2.26. The Morgan fingerprint density at radius 3 is 2.60 bits per heavy atom. The predicted octanol–water partition coefficient (Wildman–Crippen LogP) is 2.91. The molecule has 110 valence electrons. The molecule has 0 aliphatic rings. The molecule has 0 radical (unpaired) electrons. The number of hydrogen-bond acceptors (Lipinski definition) is 3. The predicted molar refractivity (Wildman–Crippen MR) is 76.9 cm³/mol. The van der Waals surface area contributed by atoms with Gasteiger partial charge in [0.05, 0.1) is 13.0 Å². The van der Waals surface area contributed by atoms with Crippen LogP contribution in [-0.2, 0) is 9.59 Å². The first-order valence-electron chi connectivity index (χ1n) is 6.57. The van der Waals surface area contributed by atoms with E-state index in [0.717, 1.165) is 0 Å². The van der Waals surface area contributed by atoms with E-state index in [1.54, 1.807) is 32.0 Å². The Morgan fingerprint density at radius 2 is 2.00 bits per heavy atom. The summed E-state index contributed by atoms with van der Waals surface area (Å²) < 4.78 is 5.35. The number of amides is 1. The van der Waals surface area contributed by atoms with E-state index in [4.69, 9.17) is 9.84 Å². The van der Waals surface area contributed by atoms with E-state index in [1.807, 2.05) is 13.0 Å². The number of ether oxygens (including phenoxy) is 1. The summed E-state index contributed by atoms with van der Waals surface area (Å²) in [7, 11) is 0. The Balaban J connectivity index is 2.62. The maximum Gasteiger partial charge on any atom is 0.303 e. The van der Waals surface area contributed by atoms with E-state index in [2.05, 4.69) is 5.32 Å². The minimum absolute atomic E-state index is 0.0423. The molecule has 0 aromatic heterocycles. The molecule has 0 spiro atoms. The standard InChI is InChI=1S/C15H21NO4/c1-4-20-12-7-5-6-11(8-12)16-13(17)9-15(2,3)10-14(18)19/h5-8H,4,9-10H2,1-3H3,(H,16,17)(H,18,19). The minimum atomic E-state index is -0.902. The normalized spacial score (nSPS) is 10.9. The lowest BCUT2D eigenvalue weighted by molar-refractivity contribution is -0.139. The third-order valence-electron chi connectivity index (χ3n) is 2.70. The molecule has 1 amide bonds. The molecular formula is C15H21NO4. The molecule has 2 N–H and O–H groups in total. The van der Waals surface area contributed by atoms with Gasteiger partial charge in [-0.2, -0.15) is 0 Å². The van der Waals surface area contributed by atoms with Crippen LogP contribution in [-0.4, -0.2) is 23.6 Å².